The van der Waals surface area contributed by atoms with Crippen LogP contribution in [0.1, 0.15) is 63.0 Å². The molecule has 3 unspecified atom stereocenters. The van der Waals surface area contributed by atoms with E-state index in [-0.39, 0.29) is 11.6 Å². The minimum absolute atomic E-state index is 0.0272. The Hall–Kier alpha value is -2.17. The predicted molar refractivity (Wildman–Crippen MR) is 102 cm³/mol. The third kappa shape index (κ3) is 3.75. The summed E-state index contributed by atoms with van der Waals surface area (Å²) in [5.74, 6) is 2.19. The number of hydrogen-bond donors (Lipinski definition) is 2. The second kappa shape index (κ2) is 6.98. The number of benzene rings is 1. The second-order valence-electron chi connectivity index (χ2n) is 7.89. The molecule has 25 heavy (non-hydrogen) atoms. The smallest absolute Gasteiger partial charge is 0.293 e. The van der Waals surface area contributed by atoms with Crippen molar-refractivity contribution < 1.29 is 4.92 Å². The Morgan fingerprint density at radius 1 is 1.32 bits per heavy atom. The van der Waals surface area contributed by atoms with E-state index in [0.717, 1.165) is 41.4 Å². The van der Waals surface area contributed by atoms with E-state index in [0.29, 0.717) is 11.6 Å². The van der Waals surface area contributed by atoms with Gasteiger partial charge in [0, 0.05) is 12.3 Å². The number of nitro benzene ring substituents is 1. The zero-order chi connectivity index (χ0) is 18.1. The van der Waals surface area contributed by atoms with E-state index in [2.05, 4.69) is 0 Å². The standard InChI is InChI=1S/C20H27N3O2/c1-12(2)6-17(11-21)16-9-18(20(22)19(10-16)23(24)25)14-5-3-4-13-7-15(13)8-14/h6,9-15,21H,3-5,7-8,22H2,1-2H3/b17-6+,21-11?. The number of nitrogen functional groups attached to an aromatic ring is 1. The molecule has 0 radical (unpaired) electrons. The number of nitro groups is 1. The molecule has 3 atom stereocenters. The van der Waals surface area contributed by atoms with Crippen molar-refractivity contribution in [1.29, 1.82) is 5.41 Å². The van der Waals surface area contributed by atoms with Gasteiger partial charge in [0.05, 0.1) is 4.92 Å². The maximum atomic E-state index is 11.5. The lowest BCUT2D eigenvalue weighted by Gasteiger charge is -2.19. The van der Waals surface area contributed by atoms with Crippen molar-refractivity contribution in [1.82, 2.24) is 0 Å². The van der Waals surface area contributed by atoms with Crippen LogP contribution in [0.2, 0.25) is 0 Å². The lowest BCUT2D eigenvalue weighted by atomic mass is 9.86. The van der Waals surface area contributed by atoms with E-state index in [9.17, 15) is 10.1 Å². The van der Waals surface area contributed by atoms with Crippen LogP contribution in [0, 0.1) is 33.3 Å². The van der Waals surface area contributed by atoms with Crippen molar-refractivity contribution in [2.24, 2.45) is 17.8 Å². The molecule has 3 N–H and O–H groups in total. The highest BCUT2D eigenvalue weighted by Gasteiger charge is 2.41. The molecule has 2 aliphatic rings. The van der Waals surface area contributed by atoms with Crippen LogP contribution in [0.25, 0.3) is 5.57 Å². The molecule has 0 aromatic heterocycles. The molecule has 1 aromatic carbocycles. The van der Waals surface area contributed by atoms with Gasteiger partial charge in [0.1, 0.15) is 5.69 Å². The Labute approximate surface area is 149 Å². The molecule has 0 heterocycles. The summed E-state index contributed by atoms with van der Waals surface area (Å²) in [6, 6.07) is 3.52. The summed E-state index contributed by atoms with van der Waals surface area (Å²) < 4.78 is 0. The highest BCUT2D eigenvalue weighted by Crippen LogP contribution is 2.53. The highest BCUT2D eigenvalue weighted by molar-refractivity contribution is 6.08. The van der Waals surface area contributed by atoms with Gasteiger partial charge in [0.25, 0.3) is 5.69 Å². The van der Waals surface area contributed by atoms with Gasteiger partial charge in [-0.15, -0.1) is 0 Å². The van der Waals surface area contributed by atoms with Crippen LogP contribution in [0.15, 0.2) is 18.2 Å². The first-order valence-corrected chi connectivity index (χ1v) is 9.21. The molecule has 0 amide bonds. The van der Waals surface area contributed by atoms with Crippen LogP contribution < -0.4 is 5.73 Å². The molecule has 0 spiro atoms. The maximum absolute atomic E-state index is 11.5. The fourth-order valence-corrected chi connectivity index (χ4v) is 4.25. The summed E-state index contributed by atoms with van der Waals surface area (Å²) in [6.45, 7) is 4.07. The van der Waals surface area contributed by atoms with Crippen LogP contribution in [0.3, 0.4) is 0 Å². The van der Waals surface area contributed by atoms with Gasteiger partial charge in [-0.05, 0) is 65.7 Å². The van der Waals surface area contributed by atoms with Crippen LogP contribution >= 0.6 is 0 Å². The van der Waals surface area contributed by atoms with E-state index < -0.39 is 4.92 Å². The van der Waals surface area contributed by atoms with Crippen molar-refractivity contribution in [3.05, 3.63) is 39.4 Å². The quantitative estimate of drug-likeness (QED) is 0.335. The van der Waals surface area contributed by atoms with E-state index in [1.165, 1.54) is 31.5 Å². The number of nitrogens with zero attached hydrogens (tertiary/aromatic N) is 1. The van der Waals surface area contributed by atoms with E-state index in [1.807, 2.05) is 26.0 Å². The van der Waals surface area contributed by atoms with Crippen LogP contribution in [-0.4, -0.2) is 11.1 Å². The summed E-state index contributed by atoms with van der Waals surface area (Å²) in [7, 11) is 0. The Morgan fingerprint density at radius 3 is 2.72 bits per heavy atom. The minimum atomic E-state index is -0.393. The van der Waals surface area contributed by atoms with Crippen molar-refractivity contribution >= 4 is 23.2 Å². The molecule has 134 valence electrons. The van der Waals surface area contributed by atoms with Gasteiger partial charge >= 0.3 is 0 Å². The fraction of sp³-hybridized carbons (Fsp3) is 0.550. The third-order valence-electron chi connectivity index (χ3n) is 5.61. The van der Waals surface area contributed by atoms with Crippen LogP contribution in [-0.2, 0) is 0 Å². The van der Waals surface area contributed by atoms with E-state index in [4.69, 9.17) is 11.1 Å². The fourth-order valence-electron chi connectivity index (χ4n) is 4.25. The zero-order valence-corrected chi connectivity index (χ0v) is 15.0. The first-order valence-electron chi connectivity index (χ1n) is 9.21. The van der Waals surface area contributed by atoms with Crippen molar-refractivity contribution in [3.8, 4) is 0 Å². The van der Waals surface area contributed by atoms with Gasteiger partial charge in [0.15, 0.2) is 0 Å². The van der Waals surface area contributed by atoms with Crippen molar-refractivity contribution in [2.45, 2.75) is 51.9 Å². The van der Waals surface area contributed by atoms with Gasteiger partial charge in [-0.1, -0.05) is 32.8 Å². The minimum Gasteiger partial charge on any atom is -0.393 e. The van der Waals surface area contributed by atoms with E-state index >= 15 is 0 Å². The summed E-state index contributed by atoms with van der Waals surface area (Å²) in [5.41, 5.74) is 8.87. The normalized spacial score (nSPS) is 26.0. The van der Waals surface area contributed by atoms with Crippen LogP contribution in [0.5, 0.6) is 0 Å². The van der Waals surface area contributed by atoms with Gasteiger partial charge in [0.2, 0.25) is 0 Å². The van der Waals surface area contributed by atoms with Crippen LogP contribution in [0.4, 0.5) is 11.4 Å². The lowest BCUT2D eigenvalue weighted by Crippen LogP contribution is -2.08. The number of fused-ring (bicyclic) bond motifs is 1. The lowest BCUT2D eigenvalue weighted by molar-refractivity contribution is -0.384. The van der Waals surface area contributed by atoms with Gasteiger partial charge in [-0.3, -0.25) is 10.1 Å². The predicted octanol–water partition coefficient (Wildman–Crippen LogP) is 5.16. The Kier molecular flexibility index (Phi) is 4.93. The molecule has 2 aliphatic carbocycles. The summed E-state index contributed by atoms with van der Waals surface area (Å²) in [5, 5.41) is 19.2. The average Bonchev–Trinajstić information content (AvgIpc) is 3.30. The van der Waals surface area contributed by atoms with E-state index in [1.54, 1.807) is 0 Å². The largest absolute Gasteiger partial charge is 0.393 e. The molecule has 0 bridgehead atoms. The zero-order valence-electron chi connectivity index (χ0n) is 15.0. The topological polar surface area (TPSA) is 93.0 Å². The molecular weight excluding hydrogens is 314 g/mol. The number of anilines is 1. The molecule has 5 nitrogen and oxygen atoms in total. The SMILES string of the molecule is CC(C)/C=C(\C=N)c1cc(C2CCCC3CC3C2)c(N)c([N+](=O)[O-])c1. The van der Waals surface area contributed by atoms with Crippen molar-refractivity contribution in [3.63, 3.8) is 0 Å². The first kappa shape index (κ1) is 17.6. The monoisotopic (exact) mass is 341 g/mol. The van der Waals surface area contributed by atoms with Crippen molar-refractivity contribution in [2.75, 3.05) is 5.73 Å². The number of rotatable bonds is 5. The summed E-state index contributed by atoms with van der Waals surface area (Å²) >= 11 is 0. The number of nitrogens with two attached hydrogens (primary N) is 1. The molecule has 2 saturated carbocycles. The molecule has 3 rings (SSSR count). The first-order chi connectivity index (χ1) is 11.9. The van der Waals surface area contributed by atoms with Gasteiger partial charge < -0.3 is 11.1 Å². The number of hydrogen-bond acceptors (Lipinski definition) is 4. The Morgan fingerprint density at radius 2 is 2.08 bits per heavy atom. The molecular formula is C20H27N3O2. The Bertz CT molecular complexity index is 724. The number of nitrogens with one attached hydrogen (secondary N) is 1. The maximum Gasteiger partial charge on any atom is 0.293 e. The molecule has 0 aliphatic heterocycles. The second-order valence-corrected chi connectivity index (χ2v) is 7.89. The highest BCUT2D eigenvalue weighted by atomic mass is 16.6. The molecule has 1 aromatic rings. The molecule has 0 saturated heterocycles. The Balaban J connectivity index is 2.06. The summed E-state index contributed by atoms with van der Waals surface area (Å²) in [4.78, 5) is 11.1. The summed E-state index contributed by atoms with van der Waals surface area (Å²) in [6.07, 6.45) is 9.13. The van der Waals surface area contributed by atoms with Gasteiger partial charge in [-0.25, -0.2) is 0 Å². The van der Waals surface area contributed by atoms with Gasteiger partial charge in [-0.2, -0.15) is 0 Å². The molecule has 5 heteroatoms. The molecule has 2 fully saturated rings. The third-order valence-corrected chi connectivity index (χ3v) is 5.61. The average molecular weight is 341 g/mol. The number of allylic oxidation sites excluding steroid dienone is 2.